The number of piperazine rings is 1. The minimum atomic E-state index is -0.827. The molecule has 2 aliphatic rings. The van der Waals surface area contributed by atoms with Crippen LogP contribution in [-0.2, 0) is 14.4 Å². The van der Waals surface area contributed by atoms with Crippen molar-refractivity contribution >= 4 is 17.7 Å². The Kier molecular flexibility index (Phi) is 2.04. The number of nitrogens with two attached hydrogens (primary N) is 1. The van der Waals surface area contributed by atoms with Crippen molar-refractivity contribution in [2.75, 3.05) is 6.54 Å². The molecule has 0 aromatic rings. The Hall–Kier alpha value is -1.43. The van der Waals surface area contributed by atoms with Crippen molar-refractivity contribution in [2.45, 2.75) is 31.3 Å². The van der Waals surface area contributed by atoms with Crippen molar-refractivity contribution < 1.29 is 14.4 Å². The summed E-state index contributed by atoms with van der Waals surface area (Å²) >= 11 is 0. The van der Waals surface area contributed by atoms with Crippen LogP contribution in [0.25, 0.3) is 0 Å². The maximum atomic E-state index is 11.9. The fourth-order valence-electron chi connectivity index (χ4n) is 1.60. The van der Waals surface area contributed by atoms with Gasteiger partial charge in [-0.15, -0.1) is 0 Å². The fourth-order valence-corrected chi connectivity index (χ4v) is 1.60. The third-order valence-corrected chi connectivity index (χ3v) is 2.90. The first-order valence-electron chi connectivity index (χ1n) is 4.88. The van der Waals surface area contributed by atoms with Crippen LogP contribution in [0.4, 0.5) is 0 Å². The Balaban J connectivity index is 2.16. The lowest BCUT2D eigenvalue weighted by molar-refractivity contribution is -0.150. The van der Waals surface area contributed by atoms with E-state index in [9.17, 15) is 14.4 Å². The van der Waals surface area contributed by atoms with Crippen LogP contribution in [0.1, 0.15) is 19.8 Å². The molecule has 2 fully saturated rings. The molecule has 2 rings (SSSR count). The van der Waals surface area contributed by atoms with Crippen LogP contribution in [-0.4, -0.2) is 40.7 Å². The number of nitrogens with one attached hydrogen (secondary N) is 1. The van der Waals surface area contributed by atoms with Gasteiger partial charge in [0.25, 0.3) is 0 Å². The predicted molar refractivity (Wildman–Crippen MR) is 50.5 cm³/mol. The topological polar surface area (TPSA) is 92.5 Å². The summed E-state index contributed by atoms with van der Waals surface area (Å²) in [6.07, 6.45) is 1.26. The second-order valence-electron chi connectivity index (χ2n) is 4.18. The zero-order chi connectivity index (χ0) is 11.2. The number of hydrogen-bond acceptors (Lipinski definition) is 4. The average molecular weight is 211 g/mol. The molecule has 0 radical (unpaired) electrons. The van der Waals surface area contributed by atoms with Crippen molar-refractivity contribution in [1.82, 2.24) is 10.2 Å². The molecule has 0 spiro atoms. The zero-order valence-corrected chi connectivity index (χ0v) is 8.45. The summed E-state index contributed by atoms with van der Waals surface area (Å²) < 4.78 is 0. The number of hydrogen-bond donors (Lipinski definition) is 2. The SMILES string of the molecule is CC1C(=O)NC(=O)CN1C(=O)C1(N)CC1. The zero-order valence-electron chi connectivity index (χ0n) is 8.45. The molecule has 1 saturated heterocycles. The lowest BCUT2D eigenvalue weighted by atomic mass is 10.1. The van der Waals surface area contributed by atoms with Crippen LogP contribution in [0.3, 0.4) is 0 Å². The van der Waals surface area contributed by atoms with Crippen LogP contribution in [0, 0.1) is 0 Å². The van der Waals surface area contributed by atoms with Gasteiger partial charge in [0.15, 0.2) is 0 Å². The summed E-state index contributed by atoms with van der Waals surface area (Å²) in [7, 11) is 0. The van der Waals surface area contributed by atoms with Crippen LogP contribution in [0.15, 0.2) is 0 Å². The first-order chi connectivity index (χ1) is 6.94. The first kappa shape index (κ1) is 10.1. The van der Waals surface area contributed by atoms with Gasteiger partial charge in [0.1, 0.15) is 12.6 Å². The highest BCUT2D eigenvalue weighted by Crippen LogP contribution is 2.34. The molecule has 1 heterocycles. The van der Waals surface area contributed by atoms with E-state index in [2.05, 4.69) is 5.32 Å². The predicted octanol–water partition coefficient (Wildman–Crippen LogP) is -1.65. The first-order valence-corrected chi connectivity index (χ1v) is 4.88. The molecule has 6 nitrogen and oxygen atoms in total. The Morgan fingerprint density at radius 1 is 1.53 bits per heavy atom. The maximum Gasteiger partial charge on any atom is 0.249 e. The molecular weight excluding hydrogens is 198 g/mol. The smallest absolute Gasteiger partial charge is 0.249 e. The third-order valence-electron chi connectivity index (χ3n) is 2.90. The molecule has 1 aliphatic carbocycles. The van der Waals surface area contributed by atoms with Crippen LogP contribution >= 0.6 is 0 Å². The minimum absolute atomic E-state index is 0.0787. The monoisotopic (exact) mass is 211 g/mol. The number of amides is 3. The summed E-state index contributed by atoms with van der Waals surface area (Å²) in [5.41, 5.74) is 4.91. The van der Waals surface area contributed by atoms with E-state index in [1.807, 2.05) is 0 Å². The van der Waals surface area contributed by atoms with Gasteiger partial charge in [-0.2, -0.15) is 0 Å². The quantitative estimate of drug-likeness (QED) is 0.508. The highest BCUT2D eigenvalue weighted by atomic mass is 16.2. The van der Waals surface area contributed by atoms with E-state index in [-0.39, 0.29) is 12.5 Å². The Morgan fingerprint density at radius 2 is 2.13 bits per heavy atom. The van der Waals surface area contributed by atoms with E-state index in [4.69, 9.17) is 5.73 Å². The molecule has 0 aromatic carbocycles. The fraction of sp³-hybridized carbons (Fsp3) is 0.667. The van der Waals surface area contributed by atoms with Crippen molar-refractivity contribution in [3.8, 4) is 0 Å². The van der Waals surface area contributed by atoms with Gasteiger partial charge >= 0.3 is 0 Å². The second kappa shape index (κ2) is 3.03. The van der Waals surface area contributed by atoms with Crippen molar-refractivity contribution in [1.29, 1.82) is 0 Å². The number of nitrogens with zero attached hydrogens (tertiary/aromatic N) is 1. The van der Waals surface area contributed by atoms with Crippen molar-refractivity contribution in [3.05, 3.63) is 0 Å². The number of imide groups is 1. The van der Waals surface area contributed by atoms with Gasteiger partial charge in [0.2, 0.25) is 17.7 Å². The van der Waals surface area contributed by atoms with Gasteiger partial charge in [0, 0.05) is 0 Å². The Morgan fingerprint density at radius 3 is 2.67 bits per heavy atom. The molecule has 1 saturated carbocycles. The van der Waals surface area contributed by atoms with E-state index in [0.717, 1.165) is 0 Å². The molecule has 3 N–H and O–H groups in total. The van der Waals surface area contributed by atoms with Crippen molar-refractivity contribution in [3.63, 3.8) is 0 Å². The molecule has 6 heteroatoms. The van der Waals surface area contributed by atoms with Gasteiger partial charge in [0.05, 0.1) is 5.54 Å². The molecule has 1 unspecified atom stereocenters. The molecule has 15 heavy (non-hydrogen) atoms. The van der Waals surface area contributed by atoms with Crippen LogP contribution in [0.5, 0.6) is 0 Å². The normalized spacial score (nSPS) is 28.7. The summed E-state index contributed by atoms with van der Waals surface area (Å²) in [5, 5.41) is 2.17. The number of rotatable bonds is 1. The van der Waals surface area contributed by atoms with Gasteiger partial charge in [-0.3, -0.25) is 19.7 Å². The van der Waals surface area contributed by atoms with E-state index in [1.165, 1.54) is 4.90 Å². The van der Waals surface area contributed by atoms with Gasteiger partial charge in [-0.05, 0) is 19.8 Å². The maximum absolute atomic E-state index is 11.9. The molecule has 0 bridgehead atoms. The van der Waals surface area contributed by atoms with E-state index < -0.39 is 23.4 Å². The van der Waals surface area contributed by atoms with Crippen molar-refractivity contribution in [2.24, 2.45) is 5.73 Å². The average Bonchev–Trinajstić information content (AvgIpc) is 2.90. The highest BCUT2D eigenvalue weighted by molar-refractivity contribution is 6.05. The van der Waals surface area contributed by atoms with E-state index in [0.29, 0.717) is 12.8 Å². The van der Waals surface area contributed by atoms with Crippen LogP contribution < -0.4 is 11.1 Å². The summed E-state index contributed by atoms with van der Waals surface area (Å²) in [6, 6.07) is -0.615. The number of carbonyl (C=O) groups excluding carboxylic acids is 3. The highest BCUT2D eigenvalue weighted by Gasteiger charge is 2.50. The minimum Gasteiger partial charge on any atom is -0.320 e. The summed E-state index contributed by atoms with van der Waals surface area (Å²) in [5.74, 6) is -1.18. The van der Waals surface area contributed by atoms with Crippen LogP contribution in [0.2, 0.25) is 0 Å². The van der Waals surface area contributed by atoms with E-state index in [1.54, 1.807) is 6.92 Å². The molecule has 1 aliphatic heterocycles. The Labute approximate surface area is 86.8 Å². The van der Waals surface area contributed by atoms with Gasteiger partial charge in [-0.1, -0.05) is 0 Å². The van der Waals surface area contributed by atoms with E-state index >= 15 is 0 Å². The molecule has 1 atom stereocenters. The second-order valence-corrected chi connectivity index (χ2v) is 4.18. The van der Waals surface area contributed by atoms with Gasteiger partial charge in [-0.25, -0.2) is 0 Å². The molecule has 0 aromatic heterocycles. The molecule has 82 valence electrons. The third kappa shape index (κ3) is 1.61. The summed E-state index contributed by atoms with van der Waals surface area (Å²) in [4.78, 5) is 35.5. The molecular formula is C9H13N3O3. The standard InChI is InChI=1S/C9H13N3O3/c1-5-7(14)11-6(13)4-12(5)8(15)9(10)2-3-9/h5H,2-4,10H2,1H3,(H,11,13,14). The number of carbonyl (C=O) groups is 3. The largest absolute Gasteiger partial charge is 0.320 e. The summed E-state index contributed by atoms with van der Waals surface area (Å²) in [6.45, 7) is 1.51. The lowest BCUT2D eigenvalue weighted by Gasteiger charge is -2.33. The molecule has 3 amide bonds. The Bertz CT molecular complexity index is 349. The van der Waals surface area contributed by atoms with Gasteiger partial charge < -0.3 is 10.6 Å². The lowest BCUT2D eigenvalue weighted by Crippen LogP contribution is -2.61.